The summed E-state index contributed by atoms with van der Waals surface area (Å²) >= 11 is 0. The van der Waals surface area contributed by atoms with Gasteiger partial charge in [-0.05, 0) is 13.8 Å². The highest BCUT2D eigenvalue weighted by molar-refractivity contribution is 5.88. The molecule has 0 radical (unpaired) electrons. The minimum Gasteiger partial charge on any atom is -0.507 e. The van der Waals surface area contributed by atoms with Crippen LogP contribution in [-0.4, -0.2) is 41.7 Å². The van der Waals surface area contributed by atoms with Crippen molar-refractivity contribution in [2.24, 2.45) is 17.3 Å². The molecule has 8 nitrogen and oxygen atoms in total. The number of carbonyl (C=O) groups excluding carboxylic acids is 1. The van der Waals surface area contributed by atoms with Gasteiger partial charge in [-0.3, -0.25) is 4.68 Å². The third-order valence-electron chi connectivity index (χ3n) is 2.65. The Labute approximate surface area is 116 Å². The number of esters is 1. The molecule has 0 saturated carbocycles. The summed E-state index contributed by atoms with van der Waals surface area (Å²) in [6.45, 7) is 3.44. The number of azo groups is 1. The molecule has 1 heterocycles. The predicted octanol–water partition coefficient (Wildman–Crippen LogP) is 1.71. The van der Waals surface area contributed by atoms with Gasteiger partial charge < -0.3 is 14.6 Å². The average Bonchev–Trinajstić information content (AvgIpc) is 2.64. The molecule has 1 N–H and O–H groups in total. The Kier molecular flexibility index (Phi) is 5.39. The van der Waals surface area contributed by atoms with Gasteiger partial charge in [0, 0.05) is 14.2 Å². The van der Waals surface area contributed by atoms with Crippen molar-refractivity contribution >= 4 is 11.7 Å². The third kappa shape index (κ3) is 3.41. The van der Waals surface area contributed by atoms with Crippen LogP contribution in [0.5, 0.6) is 0 Å². The Balaban J connectivity index is 3.16. The van der Waals surface area contributed by atoms with Crippen molar-refractivity contribution < 1.29 is 19.4 Å². The summed E-state index contributed by atoms with van der Waals surface area (Å²) in [4.78, 5) is 11.6. The first-order valence-electron chi connectivity index (χ1n) is 5.83. The molecule has 0 aliphatic rings. The van der Waals surface area contributed by atoms with Crippen molar-refractivity contribution in [2.45, 2.75) is 13.8 Å². The Morgan fingerprint density at radius 2 is 2.05 bits per heavy atom. The Morgan fingerprint density at radius 1 is 1.40 bits per heavy atom. The number of carbonyl (C=O) groups is 1. The van der Waals surface area contributed by atoms with E-state index in [1.807, 2.05) is 6.92 Å². The Morgan fingerprint density at radius 3 is 2.50 bits per heavy atom. The van der Waals surface area contributed by atoms with E-state index in [0.29, 0.717) is 11.4 Å². The summed E-state index contributed by atoms with van der Waals surface area (Å²) in [5, 5.41) is 21.6. The quantitative estimate of drug-likeness (QED) is 0.383. The van der Waals surface area contributed by atoms with Gasteiger partial charge in [0.15, 0.2) is 5.76 Å². The van der Waals surface area contributed by atoms with E-state index < -0.39 is 5.97 Å². The zero-order chi connectivity index (χ0) is 15.3. The first-order valence-corrected chi connectivity index (χ1v) is 5.83. The molecule has 0 atom stereocenters. The van der Waals surface area contributed by atoms with Crippen molar-refractivity contribution in [1.82, 2.24) is 9.78 Å². The van der Waals surface area contributed by atoms with Crippen molar-refractivity contribution in [1.29, 1.82) is 0 Å². The van der Waals surface area contributed by atoms with Crippen LogP contribution < -0.4 is 0 Å². The third-order valence-corrected chi connectivity index (χ3v) is 2.65. The normalized spacial score (nSPS) is 12.7. The van der Waals surface area contributed by atoms with E-state index in [-0.39, 0.29) is 18.1 Å². The van der Waals surface area contributed by atoms with Gasteiger partial charge in [-0.2, -0.15) is 5.10 Å². The summed E-state index contributed by atoms with van der Waals surface area (Å²) in [6, 6.07) is 0. The highest BCUT2D eigenvalue weighted by atomic mass is 16.5. The number of hydrogen-bond donors (Lipinski definition) is 1. The van der Waals surface area contributed by atoms with E-state index in [2.05, 4.69) is 20.1 Å². The minimum atomic E-state index is -0.789. The lowest BCUT2D eigenvalue weighted by Crippen LogP contribution is -2.08. The second kappa shape index (κ2) is 6.80. The Hall–Kier alpha value is -2.22. The van der Waals surface area contributed by atoms with Gasteiger partial charge in [0.05, 0.1) is 18.5 Å². The zero-order valence-electron chi connectivity index (χ0n) is 12.2. The smallest absolute Gasteiger partial charge is 0.362 e. The van der Waals surface area contributed by atoms with Crippen molar-refractivity contribution in [3.05, 3.63) is 22.8 Å². The molecular weight excluding hydrogens is 264 g/mol. The fraction of sp³-hybridized carbons (Fsp3) is 0.500. The van der Waals surface area contributed by atoms with Gasteiger partial charge in [0.2, 0.25) is 5.70 Å². The van der Waals surface area contributed by atoms with Gasteiger partial charge in [-0.25, -0.2) is 4.79 Å². The van der Waals surface area contributed by atoms with Crippen molar-refractivity contribution in [3.8, 4) is 0 Å². The maximum Gasteiger partial charge on any atom is 0.362 e. The zero-order valence-corrected chi connectivity index (χ0v) is 12.2. The molecule has 8 heteroatoms. The van der Waals surface area contributed by atoms with Crippen LogP contribution in [0.1, 0.15) is 11.4 Å². The van der Waals surface area contributed by atoms with E-state index in [4.69, 9.17) is 4.74 Å². The number of ether oxygens (including phenoxy) is 2. The summed E-state index contributed by atoms with van der Waals surface area (Å²) in [5.41, 5.74) is 1.71. The predicted molar refractivity (Wildman–Crippen MR) is 70.7 cm³/mol. The summed E-state index contributed by atoms with van der Waals surface area (Å²) in [7, 11) is 4.36. The van der Waals surface area contributed by atoms with Gasteiger partial charge >= 0.3 is 5.97 Å². The van der Waals surface area contributed by atoms with E-state index in [9.17, 15) is 9.90 Å². The number of nitrogens with zero attached hydrogens (tertiary/aromatic N) is 4. The molecule has 110 valence electrons. The lowest BCUT2D eigenvalue weighted by atomic mass is 10.3. The number of aliphatic hydroxyl groups excluding tert-OH is 1. The summed E-state index contributed by atoms with van der Waals surface area (Å²) in [6.07, 6.45) is 0. The number of aliphatic hydroxyl groups is 1. The van der Waals surface area contributed by atoms with Gasteiger partial charge in [0.25, 0.3) is 0 Å². The SMILES string of the molecule is COC/C(O)=C(/N=Nc1c(C)nn(C)c1C)C(=O)OC. The van der Waals surface area contributed by atoms with Gasteiger partial charge in [-0.15, -0.1) is 10.2 Å². The van der Waals surface area contributed by atoms with Crippen molar-refractivity contribution in [2.75, 3.05) is 20.8 Å². The fourth-order valence-electron chi connectivity index (χ4n) is 1.53. The van der Waals surface area contributed by atoms with Crippen LogP contribution in [0.3, 0.4) is 0 Å². The molecule has 0 saturated heterocycles. The fourth-order valence-corrected chi connectivity index (χ4v) is 1.53. The molecular formula is C12H18N4O4. The van der Waals surface area contributed by atoms with Crippen LogP contribution in [0, 0.1) is 13.8 Å². The highest BCUT2D eigenvalue weighted by Gasteiger charge is 2.17. The average molecular weight is 282 g/mol. The maximum absolute atomic E-state index is 11.6. The monoisotopic (exact) mass is 282 g/mol. The number of hydrogen-bond acceptors (Lipinski definition) is 7. The lowest BCUT2D eigenvalue weighted by Gasteiger charge is -2.03. The second-order valence-electron chi connectivity index (χ2n) is 4.06. The second-order valence-corrected chi connectivity index (χ2v) is 4.06. The molecule has 0 amide bonds. The lowest BCUT2D eigenvalue weighted by molar-refractivity contribution is -0.136. The molecule has 1 rings (SSSR count). The molecule has 0 aromatic carbocycles. The van der Waals surface area contributed by atoms with E-state index in [1.54, 1.807) is 18.7 Å². The van der Waals surface area contributed by atoms with Crippen LogP contribution in [0.2, 0.25) is 0 Å². The van der Waals surface area contributed by atoms with Crippen LogP contribution in [0.25, 0.3) is 0 Å². The highest BCUT2D eigenvalue weighted by Crippen LogP contribution is 2.23. The van der Waals surface area contributed by atoms with Crippen molar-refractivity contribution in [3.63, 3.8) is 0 Å². The molecule has 0 aliphatic carbocycles. The molecule has 0 unspecified atom stereocenters. The molecule has 20 heavy (non-hydrogen) atoms. The number of aryl methyl sites for hydroxylation is 2. The molecule has 1 aromatic heterocycles. The van der Waals surface area contributed by atoms with E-state index in [1.165, 1.54) is 14.2 Å². The van der Waals surface area contributed by atoms with Crippen LogP contribution >= 0.6 is 0 Å². The summed E-state index contributed by atoms with van der Waals surface area (Å²) in [5.74, 6) is -1.13. The molecule has 0 spiro atoms. The summed E-state index contributed by atoms with van der Waals surface area (Å²) < 4.78 is 10.9. The maximum atomic E-state index is 11.6. The first-order chi connectivity index (χ1) is 9.42. The van der Waals surface area contributed by atoms with E-state index in [0.717, 1.165) is 5.69 Å². The minimum absolute atomic E-state index is 0.158. The van der Waals surface area contributed by atoms with Gasteiger partial charge in [-0.1, -0.05) is 0 Å². The number of methoxy groups -OCH3 is 2. The van der Waals surface area contributed by atoms with Crippen LogP contribution in [0.4, 0.5) is 5.69 Å². The van der Waals surface area contributed by atoms with Crippen LogP contribution in [0.15, 0.2) is 21.7 Å². The largest absolute Gasteiger partial charge is 0.507 e. The van der Waals surface area contributed by atoms with Crippen LogP contribution in [-0.2, 0) is 21.3 Å². The Bertz CT molecular complexity index is 560. The first kappa shape index (κ1) is 15.8. The molecule has 0 bridgehead atoms. The molecule has 1 aromatic rings. The number of rotatable bonds is 5. The molecule has 0 fully saturated rings. The standard InChI is InChI=1S/C12H18N4O4/c1-7-10(8(2)16(3)15-7)13-14-11(12(18)20-5)9(17)6-19-4/h17H,6H2,1-5H3/b11-9-,14-13?. The number of aromatic nitrogens is 2. The van der Waals surface area contributed by atoms with Gasteiger partial charge in [0.1, 0.15) is 12.3 Å². The topological polar surface area (TPSA) is 98.3 Å². The molecule has 0 aliphatic heterocycles. The van der Waals surface area contributed by atoms with E-state index >= 15 is 0 Å².